The van der Waals surface area contributed by atoms with Gasteiger partial charge < -0.3 is 9.47 Å². The Kier molecular flexibility index (Phi) is 7.07. The second-order valence-corrected chi connectivity index (χ2v) is 8.11. The van der Waals surface area contributed by atoms with Crippen LogP contribution in [0, 0.1) is 10.1 Å². The first-order valence-corrected chi connectivity index (χ1v) is 10.9. The molecule has 0 spiro atoms. The van der Waals surface area contributed by atoms with Gasteiger partial charge in [-0.2, -0.15) is 5.10 Å². The van der Waals surface area contributed by atoms with Gasteiger partial charge in [-0.15, -0.1) is 0 Å². The van der Waals surface area contributed by atoms with Crippen molar-refractivity contribution in [2.24, 2.45) is 5.10 Å². The molecule has 1 unspecified atom stereocenters. The van der Waals surface area contributed by atoms with Crippen molar-refractivity contribution in [1.29, 1.82) is 0 Å². The highest BCUT2D eigenvalue weighted by Gasteiger charge is 2.33. The molecule has 0 radical (unpaired) electrons. The summed E-state index contributed by atoms with van der Waals surface area (Å²) in [6, 6.07) is 17.4. The molecule has 1 atom stereocenters. The summed E-state index contributed by atoms with van der Waals surface area (Å²) in [6.45, 7) is -0.322. The third kappa shape index (κ3) is 5.30. The van der Waals surface area contributed by atoms with Gasteiger partial charge in [0, 0.05) is 29.1 Å². The first-order valence-electron chi connectivity index (χ1n) is 10.6. The van der Waals surface area contributed by atoms with Crippen LogP contribution in [0.2, 0.25) is 5.02 Å². The molecule has 0 aliphatic carbocycles. The number of non-ortho nitro benzene ring substituents is 1. The SMILES string of the molecule is COc1cc(C=O)ccc1OCC(=O)N1N=C(c2ccc([N+](=O)[O-])cc2)CC1c1ccc(Cl)cc1. The topological polar surface area (TPSA) is 111 Å². The summed E-state index contributed by atoms with van der Waals surface area (Å²) in [5, 5.41) is 17.4. The lowest BCUT2D eigenvalue weighted by Gasteiger charge is -2.22. The number of aldehydes is 1. The number of hydrogen-bond acceptors (Lipinski definition) is 7. The van der Waals surface area contributed by atoms with E-state index >= 15 is 0 Å². The zero-order chi connectivity index (χ0) is 24.9. The molecule has 0 fully saturated rings. The number of carbonyl (C=O) groups is 2. The number of hydrogen-bond donors (Lipinski definition) is 0. The summed E-state index contributed by atoms with van der Waals surface area (Å²) in [6.07, 6.45) is 1.09. The molecule has 1 aliphatic rings. The molecular formula is C25H20ClN3O6. The van der Waals surface area contributed by atoms with Gasteiger partial charge in [0.1, 0.15) is 6.29 Å². The summed E-state index contributed by atoms with van der Waals surface area (Å²) in [5.74, 6) is 0.241. The summed E-state index contributed by atoms with van der Waals surface area (Å²) >= 11 is 6.03. The number of nitro groups is 1. The molecule has 0 aromatic heterocycles. The van der Waals surface area contributed by atoms with E-state index < -0.39 is 16.9 Å². The fraction of sp³-hybridized carbons (Fsp3) is 0.160. The number of methoxy groups -OCH3 is 1. The van der Waals surface area contributed by atoms with Gasteiger partial charge in [-0.3, -0.25) is 19.7 Å². The molecule has 3 aromatic carbocycles. The zero-order valence-electron chi connectivity index (χ0n) is 18.6. The maximum Gasteiger partial charge on any atom is 0.281 e. The molecule has 4 rings (SSSR count). The second kappa shape index (κ2) is 10.4. The molecular weight excluding hydrogens is 474 g/mol. The molecule has 35 heavy (non-hydrogen) atoms. The van der Waals surface area contributed by atoms with Crippen molar-refractivity contribution in [2.75, 3.05) is 13.7 Å². The zero-order valence-corrected chi connectivity index (χ0v) is 19.3. The molecule has 3 aromatic rings. The van der Waals surface area contributed by atoms with Crippen molar-refractivity contribution < 1.29 is 24.0 Å². The third-order valence-corrected chi connectivity index (χ3v) is 5.76. The average Bonchev–Trinajstić information content (AvgIpc) is 3.33. The molecule has 0 saturated heterocycles. The van der Waals surface area contributed by atoms with Gasteiger partial charge in [0.05, 0.1) is 23.8 Å². The highest BCUT2D eigenvalue weighted by atomic mass is 35.5. The molecule has 0 saturated carbocycles. The predicted octanol–water partition coefficient (Wildman–Crippen LogP) is 4.83. The van der Waals surface area contributed by atoms with Crippen LogP contribution in [-0.4, -0.2) is 41.6 Å². The Labute approximate surface area is 205 Å². The van der Waals surface area contributed by atoms with Crippen LogP contribution >= 0.6 is 11.6 Å². The number of amides is 1. The molecule has 1 heterocycles. The lowest BCUT2D eigenvalue weighted by Crippen LogP contribution is -2.31. The maximum absolute atomic E-state index is 13.2. The molecule has 0 bridgehead atoms. The first kappa shape index (κ1) is 23.9. The van der Waals surface area contributed by atoms with Crippen LogP contribution in [0.3, 0.4) is 0 Å². The van der Waals surface area contributed by atoms with E-state index in [0.29, 0.717) is 46.1 Å². The minimum atomic E-state index is -0.472. The van der Waals surface area contributed by atoms with Crippen LogP contribution in [0.1, 0.15) is 33.9 Å². The molecule has 1 aliphatic heterocycles. The van der Waals surface area contributed by atoms with E-state index in [4.69, 9.17) is 21.1 Å². The summed E-state index contributed by atoms with van der Waals surface area (Å²) in [5.41, 5.74) is 2.51. The summed E-state index contributed by atoms with van der Waals surface area (Å²) in [7, 11) is 1.44. The van der Waals surface area contributed by atoms with Gasteiger partial charge in [0.25, 0.3) is 11.6 Å². The Morgan fingerprint density at radius 3 is 2.49 bits per heavy atom. The van der Waals surface area contributed by atoms with Crippen molar-refractivity contribution in [1.82, 2.24) is 5.01 Å². The van der Waals surface area contributed by atoms with Gasteiger partial charge in [0.15, 0.2) is 18.1 Å². The van der Waals surface area contributed by atoms with Gasteiger partial charge in [0.2, 0.25) is 0 Å². The largest absolute Gasteiger partial charge is 0.493 e. The van der Waals surface area contributed by atoms with Crippen molar-refractivity contribution in [2.45, 2.75) is 12.5 Å². The number of hydrazone groups is 1. The van der Waals surface area contributed by atoms with Crippen LogP contribution in [0.15, 0.2) is 71.8 Å². The Bertz CT molecular complexity index is 1290. The van der Waals surface area contributed by atoms with E-state index in [9.17, 15) is 19.7 Å². The van der Waals surface area contributed by atoms with Gasteiger partial charge in [-0.1, -0.05) is 23.7 Å². The maximum atomic E-state index is 13.2. The number of halogens is 1. The van der Waals surface area contributed by atoms with E-state index in [-0.39, 0.29) is 12.3 Å². The van der Waals surface area contributed by atoms with Crippen molar-refractivity contribution in [3.05, 3.63) is 98.6 Å². The second-order valence-electron chi connectivity index (χ2n) is 7.68. The minimum Gasteiger partial charge on any atom is -0.493 e. The van der Waals surface area contributed by atoms with E-state index in [1.54, 1.807) is 36.4 Å². The highest BCUT2D eigenvalue weighted by Crippen LogP contribution is 2.34. The van der Waals surface area contributed by atoms with Crippen LogP contribution < -0.4 is 9.47 Å². The lowest BCUT2D eigenvalue weighted by atomic mass is 9.98. The average molecular weight is 494 g/mol. The first-order chi connectivity index (χ1) is 16.9. The Morgan fingerprint density at radius 2 is 1.86 bits per heavy atom. The van der Waals surface area contributed by atoms with Crippen LogP contribution in [0.4, 0.5) is 5.69 Å². The normalized spacial score (nSPS) is 14.9. The van der Waals surface area contributed by atoms with E-state index in [2.05, 4.69) is 5.10 Å². The van der Waals surface area contributed by atoms with Crippen molar-refractivity contribution in [3.8, 4) is 11.5 Å². The van der Waals surface area contributed by atoms with E-state index in [0.717, 1.165) is 5.56 Å². The van der Waals surface area contributed by atoms with Crippen LogP contribution in [-0.2, 0) is 4.79 Å². The Hall–Kier alpha value is -4.24. The van der Waals surface area contributed by atoms with Crippen LogP contribution in [0.5, 0.6) is 11.5 Å². The highest BCUT2D eigenvalue weighted by molar-refractivity contribution is 6.30. The van der Waals surface area contributed by atoms with Gasteiger partial charge >= 0.3 is 0 Å². The number of carbonyl (C=O) groups excluding carboxylic acids is 2. The Balaban J connectivity index is 1.59. The minimum absolute atomic E-state index is 0.0301. The number of benzene rings is 3. The molecule has 1 amide bonds. The van der Waals surface area contributed by atoms with E-state index in [1.165, 1.54) is 30.3 Å². The van der Waals surface area contributed by atoms with Crippen molar-refractivity contribution >= 4 is 35.2 Å². The monoisotopic (exact) mass is 493 g/mol. The fourth-order valence-corrected chi connectivity index (χ4v) is 3.84. The van der Waals surface area contributed by atoms with Crippen molar-refractivity contribution in [3.63, 3.8) is 0 Å². The number of rotatable bonds is 8. The standard InChI is InChI=1S/C25H20ClN3O6/c1-34-24-12-16(14-30)2-11-23(24)35-15-25(31)28-22(18-3-7-19(26)8-4-18)13-21(27-28)17-5-9-20(10-6-17)29(32)33/h2-12,14,22H,13,15H2,1H3. The quantitative estimate of drug-likeness (QED) is 0.252. The molecule has 178 valence electrons. The van der Waals surface area contributed by atoms with E-state index in [1.807, 2.05) is 12.1 Å². The number of ether oxygens (including phenoxy) is 2. The number of nitro benzene ring substituents is 1. The third-order valence-electron chi connectivity index (χ3n) is 5.51. The lowest BCUT2D eigenvalue weighted by molar-refractivity contribution is -0.384. The Morgan fingerprint density at radius 1 is 1.14 bits per heavy atom. The van der Waals surface area contributed by atoms with Gasteiger partial charge in [-0.05, 0) is 53.6 Å². The fourth-order valence-electron chi connectivity index (χ4n) is 3.72. The van der Waals surface area contributed by atoms with Gasteiger partial charge in [-0.25, -0.2) is 5.01 Å². The summed E-state index contributed by atoms with van der Waals surface area (Å²) < 4.78 is 10.9. The predicted molar refractivity (Wildman–Crippen MR) is 129 cm³/mol. The molecule has 0 N–H and O–H groups in total. The smallest absolute Gasteiger partial charge is 0.281 e. The molecule has 9 nitrogen and oxygen atoms in total. The number of nitrogens with zero attached hydrogens (tertiary/aromatic N) is 3. The van der Waals surface area contributed by atoms with Crippen LogP contribution in [0.25, 0.3) is 0 Å². The summed E-state index contributed by atoms with van der Waals surface area (Å²) in [4.78, 5) is 34.7. The molecule has 10 heteroatoms.